The van der Waals surface area contributed by atoms with Gasteiger partial charge in [0.05, 0.1) is 11.9 Å². The van der Waals surface area contributed by atoms with Gasteiger partial charge in [0, 0.05) is 48.1 Å². The van der Waals surface area contributed by atoms with Crippen LogP contribution in [-0.4, -0.2) is 50.5 Å². The number of anilines is 1. The van der Waals surface area contributed by atoms with Crippen LogP contribution in [0.2, 0.25) is 10.0 Å². The van der Waals surface area contributed by atoms with Crippen molar-refractivity contribution in [2.24, 2.45) is 0 Å². The molecule has 0 fully saturated rings. The lowest BCUT2D eigenvalue weighted by molar-refractivity contribution is -0.141. The first-order valence-electron chi connectivity index (χ1n) is 13.6. The van der Waals surface area contributed by atoms with Crippen LogP contribution in [0.4, 0.5) is 5.69 Å². The van der Waals surface area contributed by atoms with Gasteiger partial charge >= 0.3 is 0 Å². The molecule has 0 aliphatic rings. The zero-order valence-corrected chi connectivity index (χ0v) is 26.0. The van der Waals surface area contributed by atoms with Crippen LogP contribution >= 0.6 is 23.2 Å². The number of nitrogens with one attached hydrogen (secondary N) is 1. The molecule has 2 amide bonds. The normalized spacial score (nSPS) is 12.0. The van der Waals surface area contributed by atoms with Gasteiger partial charge in [-0.25, -0.2) is 8.42 Å². The van der Waals surface area contributed by atoms with E-state index in [-0.39, 0.29) is 37.7 Å². The molecular formula is C31H37Cl2N3O4S. The molecule has 7 nitrogen and oxygen atoms in total. The fourth-order valence-corrected chi connectivity index (χ4v) is 5.97. The van der Waals surface area contributed by atoms with Crippen LogP contribution in [0.15, 0.2) is 72.8 Å². The van der Waals surface area contributed by atoms with E-state index in [1.54, 1.807) is 30.3 Å². The number of halogens is 2. The van der Waals surface area contributed by atoms with Crippen LogP contribution in [-0.2, 0) is 32.6 Å². The van der Waals surface area contributed by atoms with Crippen LogP contribution in [0.3, 0.4) is 0 Å². The Kier molecular flexibility index (Phi) is 12.1. The van der Waals surface area contributed by atoms with Crippen molar-refractivity contribution >= 4 is 50.7 Å². The Morgan fingerprint density at radius 2 is 1.56 bits per heavy atom. The van der Waals surface area contributed by atoms with Crippen LogP contribution < -0.4 is 9.62 Å². The third-order valence-corrected chi connectivity index (χ3v) is 8.59. The summed E-state index contributed by atoms with van der Waals surface area (Å²) >= 11 is 13.0. The van der Waals surface area contributed by atoms with Crippen molar-refractivity contribution < 1.29 is 18.0 Å². The Labute approximate surface area is 253 Å². The molecule has 0 saturated carbocycles. The summed E-state index contributed by atoms with van der Waals surface area (Å²) in [5.41, 5.74) is 2.99. The number of benzene rings is 3. The van der Waals surface area contributed by atoms with Gasteiger partial charge in [-0.1, -0.05) is 84.2 Å². The van der Waals surface area contributed by atoms with Crippen molar-refractivity contribution in [2.75, 3.05) is 23.7 Å². The van der Waals surface area contributed by atoms with Crippen molar-refractivity contribution in [2.45, 2.75) is 52.1 Å². The molecule has 0 heterocycles. The molecule has 3 aromatic rings. The molecule has 3 rings (SSSR count). The number of rotatable bonds is 14. The maximum absolute atomic E-state index is 13.9. The summed E-state index contributed by atoms with van der Waals surface area (Å²) in [5, 5.41) is 3.72. The largest absolute Gasteiger partial charge is 0.354 e. The van der Waals surface area contributed by atoms with Crippen LogP contribution in [0.1, 0.15) is 42.9 Å². The van der Waals surface area contributed by atoms with Gasteiger partial charge in [-0.15, -0.1) is 0 Å². The molecule has 1 atom stereocenters. The predicted molar refractivity (Wildman–Crippen MR) is 167 cm³/mol. The summed E-state index contributed by atoms with van der Waals surface area (Å²) in [7, 11) is -3.58. The second kappa shape index (κ2) is 15.2. The first kappa shape index (κ1) is 32.4. The zero-order chi connectivity index (χ0) is 30.0. The maximum Gasteiger partial charge on any atom is 0.243 e. The van der Waals surface area contributed by atoms with E-state index in [1.807, 2.05) is 56.3 Å². The lowest BCUT2D eigenvalue weighted by Crippen LogP contribution is -2.50. The lowest BCUT2D eigenvalue weighted by Gasteiger charge is -2.32. The third-order valence-electron chi connectivity index (χ3n) is 6.68. The summed E-state index contributed by atoms with van der Waals surface area (Å²) in [6, 6.07) is 21.0. The molecule has 1 N–H and O–H groups in total. The molecule has 1 unspecified atom stereocenters. The van der Waals surface area contributed by atoms with E-state index in [9.17, 15) is 18.0 Å². The molecule has 10 heteroatoms. The summed E-state index contributed by atoms with van der Waals surface area (Å²) in [5.74, 6) is -0.574. The minimum Gasteiger partial charge on any atom is -0.354 e. The van der Waals surface area contributed by atoms with E-state index < -0.39 is 16.1 Å². The highest BCUT2D eigenvalue weighted by molar-refractivity contribution is 7.92. The lowest BCUT2D eigenvalue weighted by atomic mass is 10.0. The van der Waals surface area contributed by atoms with E-state index in [0.717, 1.165) is 23.8 Å². The van der Waals surface area contributed by atoms with E-state index in [2.05, 4.69) is 5.32 Å². The summed E-state index contributed by atoms with van der Waals surface area (Å²) in [4.78, 5) is 28.9. The molecule has 0 bridgehead atoms. The van der Waals surface area contributed by atoms with E-state index in [1.165, 1.54) is 9.21 Å². The Hall–Kier alpha value is -3.07. The fourth-order valence-electron chi connectivity index (χ4n) is 4.49. The SMILES string of the molecule is CCCNC(=O)C(Cc1ccccc1)N(Cc1c(Cl)cccc1Cl)C(=O)CCCN(c1ccc(C)cc1)S(C)(=O)=O. The predicted octanol–water partition coefficient (Wildman–Crippen LogP) is 6.01. The maximum atomic E-state index is 13.9. The number of hydrogen-bond acceptors (Lipinski definition) is 4. The number of sulfonamides is 1. The van der Waals surface area contributed by atoms with E-state index >= 15 is 0 Å². The van der Waals surface area contributed by atoms with Crippen LogP contribution in [0, 0.1) is 6.92 Å². The smallest absolute Gasteiger partial charge is 0.243 e. The van der Waals surface area contributed by atoms with Gasteiger partial charge in [0.15, 0.2) is 0 Å². The number of amides is 2. The van der Waals surface area contributed by atoms with E-state index in [4.69, 9.17) is 23.2 Å². The average Bonchev–Trinajstić information content (AvgIpc) is 2.93. The van der Waals surface area contributed by atoms with Crippen molar-refractivity contribution in [3.8, 4) is 0 Å². The first-order chi connectivity index (χ1) is 19.5. The van der Waals surface area contributed by atoms with Crippen LogP contribution in [0.25, 0.3) is 0 Å². The van der Waals surface area contributed by atoms with Crippen molar-refractivity contribution in [3.05, 3.63) is 99.5 Å². The highest BCUT2D eigenvalue weighted by Crippen LogP contribution is 2.28. The highest BCUT2D eigenvalue weighted by Gasteiger charge is 2.31. The van der Waals surface area contributed by atoms with Gasteiger partial charge in [0.2, 0.25) is 21.8 Å². The zero-order valence-electron chi connectivity index (χ0n) is 23.6. The number of carbonyl (C=O) groups is 2. The minimum absolute atomic E-state index is 0.0201. The quantitative estimate of drug-likeness (QED) is 0.240. The fraction of sp³-hybridized carbons (Fsp3) is 0.355. The summed E-state index contributed by atoms with van der Waals surface area (Å²) in [6.45, 7) is 4.50. The second-order valence-corrected chi connectivity index (χ2v) is 12.7. The summed E-state index contributed by atoms with van der Waals surface area (Å²) < 4.78 is 26.5. The number of carbonyl (C=O) groups excluding carboxylic acids is 2. The second-order valence-electron chi connectivity index (χ2n) is 9.99. The van der Waals surface area contributed by atoms with Gasteiger partial charge in [-0.3, -0.25) is 13.9 Å². The standard InChI is InChI=1S/C31H37Cl2N3O4S/c1-4-19-34-31(38)29(21-24-10-6-5-7-11-24)35(22-26-27(32)12-8-13-28(26)33)30(37)14-9-20-36(41(3,39)40)25-17-15-23(2)16-18-25/h5-8,10-13,15-18,29H,4,9,14,19-22H2,1-3H3,(H,34,38). The number of aryl methyl sites for hydroxylation is 1. The van der Waals surface area contributed by atoms with Gasteiger partial charge < -0.3 is 10.2 Å². The first-order valence-corrected chi connectivity index (χ1v) is 16.2. The molecule has 220 valence electrons. The third kappa shape index (κ3) is 9.48. The molecule has 0 saturated heterocycles. The Bertz CT molecular complexity index is 1400. The molecule has 0 radical (unpaired) electrons. The molecular weight excluding hydrogens is 581 g/mol. The molecule has 41 heavy (non-hydrogen) atoms. The average molecular weight is 619 g/mol. The number of hydrogen-bond donors (Lipinski definition) is 1. The van der Waals surface area contributed by atoms with Crippen LogP contribution in [0.5, 0.6) is 0 Å². The van der Waals surface area contributed by atoms with Gasteiger partial charge in [-0.2, -0.15) is 0 Å². The molecule has 0 aromatic heterocycles. The van der Waals surface area contributed by atoms with Gasteiger partial charge in [0.1, 0.15) is 6.04 Å². The monoisotopic (exact) mass is 617 g/mol. The van der Waals surface area contributed by atoms with Gasteiger partial charge in [-0.05, 0) is 49.6 Å². The highest BCUT2D eigenvalue weighted by atomic mass is 35.5. The van der Waals surface area contributed by atoms with Crippen molar-refractivity contribution in [1.82, 2.24) is 10.2 Å². The summed E-state index contributed by atoms with van der Waals surface area (Å²) in [6.07, 6.45) is 2.46. The molecule has 0 aliphatic heterocycles. The minimum atomic E-state index is -3.58. The Morgan fingerprint density at radius 3 is 2.15 bits per heavy atom. The van der Waals surface area contributed by atoms with Gasteiger partial charge in [0.25, 0.3) is 0 Å². The number of nitrogens with zero attached hydrogens (tertiary/aromatic N) is 2. The Morgan fingerprint density at radius 1 is 0.927 bits per heavy atom. The topological polar surface area (TPSA) is 86.8 Å². The van der Waals surface area contributed by atoms with Crippen molar-refractivity contribution in [3.63, 3.8) is 0 Å². The van der Waals surface area contributed by atoms with E-state index in [0.29, 0.717) is 34.3 Å². The van der Waals surface area contributed by atoms with Crippen molar-refractivity contribution in [1.29, 1.82) is 0 Å². The molecule has 0 aliphatic carbocycles. The molecule has 0 spiro atoms. The molecule has 3 aromatic carbocycles. The Balaban J connectivity index is 1.91.